The minimum absolute atomic E-state index is 0.0398. The normalized spacial score (nSPS) is 50.3. The molecule has 0 unspecified atom stereocenters. The summed E-state index contributed by atoms with van der Waals surface area (Å²) in [6.07, 6.45) is -1.92. The Bertz CT molecular complexity index is 806. The van der Waals surface area contributed by atoms with Gasteiger partial charge in [0.25, 0.3) is 0 Å². The molecule has 4 saturated carbocycles. The molecule has 1 spiro atoms. The monoisotopic (exact) mass is 436 g/mol. The Labute approximate surface area is 183 Å². The van der Waals surface area contributed by atoms with Crippen LogP contribution in [0.25, 0.3) is 0 Å². The highest BCUT2D eigenvalue weighted by Gasteiger charge is 2.75. The van der Waals surface area contributed by atoms with Crippen molar-refractivity contribution in [2.75, 3.05) is 0 Å². The van der Waals surface area contributed by atoms with E-state index in [2.05, 4.69) is 6.58 Å². The third-order valence-corrected chi connectivity index (χ3v) is 9.44. The van der Waals surface area contributed by atoms with Crippen LogP contribution in [0.5, 0.6) is 0 Å². The molecule has 0 saturated heterocycles. The SMILES string of the molecule is C=C1[C@@H]2C[C@H](O)[C@H]3[C@@]4(C)[C@H](C[C@H](OC(C)=O)[C@]3(C2)[C@H]1O)C(C)(C)[C@@H](OC(C)=O)C[C@@H]4O. The highest BCUT2D eigenvalue weighted by Crippen LogP contribution is 2.72. The van der Waals surface area contributed by atoms with E-state index in [9.17, 15) is 24.9 Å². The van der Waals surface area contributed by atoms with Crippen LogP contribution in [0.3, 0.4) is 0 Å². The summed E-state index contributed by atoms with van der Waals surface area (Å²) in [7, 11) is 0. The zero-order chi connectivity index (χ0) is 23.1. The Balaban J connectivity index is 1.88. The Hall–Kier alpha value is -1.44. The second-order valence-electron chi connectivity index (χ2n) is 11.2. The molecule has 4 fully saturated rings. The summed E-state index contributed by atoms with van der Waals surface area (Å²) in [5.41, 5.74) is -1.49. The lowest BCUT2D eigenvalue weighted by Gasteiger charge is -2.68. The molecule has 0 radical (unpaired) electrons. The zero-order valence-electron chi connectivity index (χ0n) is 19.1. The Kier molecular flexibility index (Phi) is 5.16. The second-order valence-corrected chi connectivity index (χ2v) is 11.2. The molecule has 31 heavy (non-hydrogen) atoms. The molecule has 10 atom stereocenters. The Morgan fingerprint density at radius 2 is 1.55 bits per heavy atom. The van der Waals surface area contributed by atoms with Crippen LogP contribution < -0.4 is 0 Å². The fraction of sp³-hybridized carbons (Fsp3) is 0.833. The highest BCUT2D eigenvalue weighted by atomic mass is 16.5. The van der Waals surface area contributed by atoms with Crippen molar-refractivity contribution in [2.45, 2.75) is 90.8 Å². The smallest absolute Gasteiger partial charge is 0.302 e. The fourth-order valence-corrected chi connectivity index (χ4v) is 8.25. The first-order valence-corrected chi connectivity index (χ1v) is 11.3. The maximum atomic E-state index is 12.1. The van der Waals surface area contributed by atoms with Gasteiger partial charge in [-0.15, -0.1) is 0 Å². The lowest BCUT2D eigenvalue weighted by Crippen LogP contribution is -2.72. The molecule has 0 aromatic carbocycles. The third-order valence-electron chi connectivity index (χ3n) is 9.44. The van der Waals surface area contributed by atoms with Gasteiger partial charge in [0.05, 0.1) is 18.3 Å². The van der Waals surface area contributed by atoms with Crippen molar-refractivity contribution in [3.8, 4) is 0 Å². The number of esters is 2. The van der Waals surface area contributed by atoms with Gasteiger partial charge in [0.1, 0.15) is 12.2 Å². The van der Waals surface area contributed by atoms with Crippen LogP contribution in [-0.2, 0) is 19.1 Å². The number of hydrogen-bond acceptors (Lipinski definition) is 7. The molecule has 0 aromatic heterocycles. The first-order chi connectivity index (χ1) is 14.3. The van der Waals surface area contributed by atoms with E-state index < -0.39 is 64.6 Å². The summed E-state index contributed by atoms with van der Waals surface area (Å²) in [6.45, 7) is 12.8. The van der Waals surface area contributed by atoms with Crippen LogP contribution in [0, 0.1) is 34.0 Å². The predicted octanol–water partition coefficient (Wildman–Crippen LogP) is 1.97. The molecule has 3 N–H and O–H groups in total. The lowest BCUT2D eigenvalue weighted by molar-refractivity contribution is -0.291. The average Bonchev–Trinajstić information content (AvgIpc) is 2.83. The van der Waals surface area contributed by atoms with Crippen molar-refractivity contribution < 1.29 is 34.4 Å². The summed E-state index contributed by atoms with van der Waals surface area (Å²) in [5.74, 6) is -1.57. The van der Waals surface area contributed by atoms with Crippen molar-refractivity contribution in [1.82, 2.24) is 0 Å². The van der Waals surface area contributed by atoms with Crippen molar-refractivity contribution in [2.24, 2.45) is 34.0 Å². The number of carbonyl (C=O) groups excluding carboxylic acids is 2. The quantitative estimate of drug-likeness (QED) is 0.448. The summed E-state index contributed by atoms with van der Waals surface area (Å²) in [5, 5.41) is 34.2. The van der Waals surface area contributed by atoms with Gasteiger partial charge < -0.3 is 24.8 Å². The molecule has 174 valence electrons. The van der Waals surface area contributed by atoms with Gasteiger partial charge in [-0.25, -0.2) is 0 Å². The number of rotatable bonds is 2. The van der Waals surface area contributed by atoms with Gasteiger partial charge in [-0.3, -0.25) is 9.59 Å². The maximum Gasteiger partial charge on any atom is 0.302 e. The lowest BCUT2D eigenvalue weighted by atomic mass is 9.38. The molecule has 7 heteroatoms. The van der Waals surface area contributed by atoms with E-state index >= 15 is 0 Å². The molecule has 0 aliphatic heterocycles. The Morgan fingerprint density at radius 3 is 2.13 bits per heavy atom. The van der Waals surface area contributed by atoms with E-state index in [-0.39, 0.29) is 18.3 Å². The van der Waals surface area contributed by atoms with Gasteiger partial charge in [0.2, 0.25) is 0 Å². The highest BCUT2D eigenvalue weighted by molar-refractivity contribution is 5.66. The molecular weight excluding hydrogens is 400 g/mol. The first-order valence-electron chi connectivity index (χ1n) is 11.3. The number of hydrogen-bond donors (Lipinski definition) is 3. The number of carbonyl (C=O) groups is 2. The molecule has 2 bridgehead atoms. The molecule has 0 heterocycles. The van der Waals surface area contributed by atoms with Crippen molar-refractivity contribution >= 4 is 11.9 Å². The standard InChI is InChI=1S/C24H36O7/c1-11-14-7-15(27)20-23(6)16(22(4,5)18(9-17(23)28)30-12(2)25)8-19(31-13(3)26)24(20,10-14)21(11)29/h14-21,27-29H,1,7-10H2,2-6H3/t14-,15+,16-,17+,18+,19+,20+,21+,23+,24+/m1/s1. The minimum atomic E-state index is -0.914. The van der Waals surface area contributed by atoms with E-state index in [1.54, 1.807) is 0 Å². The zero-order valence-corrected chi connectivity index (χ0v) is 19.1. The summed E-state index contributed by atoms with van der Waals surface area (Å²) in [6, 6.07) is 0. The summed E-state index contributed by atoms with van der Waals surface area (Å²) < 4.78 is 11.5. The van der Waals surface area contributed by atoms with Gasteiger partial charge in [-0.2, -0.15) is 0 Å². The molecule has 4 rings (SSSR count). The van der Waals surface area contributed by atoms with Crippen molar-refractivity contribution in [3.05, 3.63) is 12.2 Å². The van der Waals surface area contributed by atoms with Gasteiger partial charge in [-0.1, -0.05) is 27.4 Å². The summed E-state index contributed by atoms with van der Waals surface area (Å²) in [4.78, 5) is 23.9. The molecule has 4 aliphatic rings. The van der Waals surface area contributed by atoms with Gasteiger partial charge >= 0.3 is 11.9 Å². The molecule has 0 amide bonds. The average molecular weight is 437 g/mol. The van der Waals surface area contributed by atoms with Crippen LogP contribution >= 0.6 is 0 Å². The molecule has 0 aromatic rings. The summed E-state index contributed by atoms with van der Waals surface area (Å²) >= 11 is 0. The fourth-order valence-electron chi connectivity index (χ4n) is 8.25. The minimum Gasteiger partial charge on any atom is -0.462 e. The molecule has 7 nitrogen and oxygen atoms in total. The van der Waals surface area contributed by atoms with Crippen LogP contribution in [0.2, 0.25) is 0 Å². The van der Waals surface area contributed by atoms with Gasteiger partial charge in [0, 0.05) is 42.4 Å². The second kappa shape index (κ2) is 7.03. The number of ether oxygens (including phenoxy) is 2. The maximum absolute atomic E-state index is 12.1. The number of aliphatic hydroxyl groups excluding tert-OH is 3. The molecule has 4 aliphatic carbocycles. The van der Waals surface area contributed by atoms with Crippen LogP contribution in [0.15, 0.2) is 12.2 Å². The van der Waals surface area contributed by atoms with Gasteiger partial charge in [0.15, 0.2) is 0 Å². The van der Waals surface area contributed by atoms with Crippen molar-refractivity contribution in [3.63, 3.8) is 0 Å². The number of aliphatic hydroxyl groups is 3. The van der Waals surface area contributed by atoms with Gasteiger partial charge in [-0.05, 0) is 36.7 Å². The van der Waals surface area contributed by atoms with E-state index in [1.165, 1.54) is 13.8 Å². The molecular formula is C24H36O7. The largest absolute Gasteiger partial charge is 0.462 e. The van der Waals surface area contributed by atoms with Crippen LogP contribution in [-0.4, -0.2) is 57.8 Å². The Morgan fingerprint density at radius 1 is 0.968 bits per heavy atom. The van der Waals surface area contributed by atoms with Crippen LogP contribution in [0.4, 0.5) is 0 Å². The van der Waals surface area contributed by atoms with Crippen LogP contribution in [0.1, 0.15) is 60.3 Å². The van der Waals surface area contributed by atoms with E-state index in [0.717, 1.165) is 0 Å². The van der Waals surface area contributed by atoms with E-state index in [1.807, 2.05) is 20.8 Å². The van der Waals surface area contributed by atoms with E-state index in [4.69, 9.17) is 9.47 Å². The van der Waals surface area contributed by atoms with E-state index in [0.29, 0.717) is 24.8 Å². The topological polar surface area (TPSA) is 113 Å². The van der Waals surface area contributed by atoms with Crippen molar-refractivity contribution in [1.29, 1.82) is 0 Å². The third kappa shape index (κ3) is 2.89. The predicted molar refractivity (Wildman–Crippen MR) is 112 cm³/mol. The number of fused-ring (bicyclic) bond motifs is 3. The first kappa shape index (κ1) is 22.7.